The number of tetrazole rings is 1. The molecule has 2 N–H and O–H groups in total. The van der Waals surface area contributed by atoms with Gasteiger partial charge in [0.2, 0.25) is 5.91 Å². The van der Waals surface area contributed by atoms with Crippen LogP contribution in [0.2, 0.25) is 0 Å². The van der Waals surface area contributed by atoms with Gasteiger partial charge in [0.25, 0.3) is 5.56 Å². The standard InChI is InChI=1S/C16H19N9O3/c26-14-5-9-24(16(28)18-14)10-6-17-15(27)11-3-7-23(8-4-11)13-2-1-12-19-21-22-25(12)20-13/h1-2,5,9,11H,3-4,6-8,10H2,(H,17,27)(H,18,26,28). The number of hydrogen-bond donors (Lipinski definition) is 2. The third kappa shape index (κ3) is 3.75. The molecule has 1 amide bonds. The highest BCUT2D eigenvalue weighted by Crippen LogP contribution is 2.21. The van der Waals surface area contributed by atoms with Crippen molar-refractivity contribution in [3.05, 3.63) is 45.2 Å². The van der Waals surface area contributed by atoms with Crippen LogP contribution < -0.4 is 21.5 Å². The number of H-pyrrole nitrogens is 1. The first kappa shape index (κ1) is 17.8. The van der Waals surface area contributed by atoms with Crippen LogP contribution in [0.5, 0.6) is 0 Å². The van der Waals surface area contributed by atoms with Gasteiger partial charge >= 0.3 is 5.69 Å². The zero-order valence-electron chi connectivity index (χ0n) is 15.0. The molecular weight excluding hydrogens is 366 g/mol. The molecule has 146 valence electrons. The summed E-state index contributed by atoms with van der Waals surface area (Å²) in [5, 5.41) is 18.4. The monoisotopic (exact) mass is 385 g/mol. The second kappa shape index (κ2) is 7.58. The summed E-state index contributed by atoms with van der Waals surface area (Å²) in [7, 11) is 0. The zero-order chi connectivity index (χ0) is 19.5. The molecular formula is C16H19N9O3. The van der Waals surface area contributed by atoms with Crippen molar-refractivity contribution in [2.75, 3.05) is 24.5 Å². The summed E-state index contributed by atoms with van der Waals surface area (Å²) >= 11 is 0. The number of aromatic nitrogens is 7. The highest BCUT2D eigenvalue weighted by atomic mass is 16.2. The highest BCUT2D eigenvalue weighted by Gasteiger charge is 2.25. The maximum absolute atomic E-state index is 12.4. The van der Waals surface area contributed by atoms with Gasteiger partial charge in [0.1, 0.15) is 0 Å². The molecule has 3 aromatic heterocycles. The van der Waals surface area contributed by atoms with Crippen LogP contribution in [-0.2, 0) is 11.3 Å². The molecule has 12 nitrogen and oxygen atoms in total. The van der Waals surface area contributed by atoms with Crippen LogP contribution >= 0.6 is 0 Å². The molecule has 28 heavy (non-hydrogen) atoms. The average molecular weight is 385 g/mol. The lowest BCUT2D eigenvalue weighted by atomic mass is 9.96. The fourth-order valence-corrected chi connectivity index (χ4v) is 3.24. The molecule has 0 spiro atoms. The first-order chi connectivity index (χ1) is 13.6. The lowest BCUT2D eigenvalue weighted by molar-refractivity contribution is -0.125. The Bertz CT molecular complexity index is 1090. The van der Waals surface area contributed by atoms with E-state index in [0.717, 1.165) is 5.82 Å². The predicted molar refractivity (Wildman–Crippen MR) is 97.8 cm³/mol. The van der Waals surface area contributed by atoms with E-state index in [0.29, 0.717) is 44.7 Å². The van der Waals surface area contributed by atoms with Crippen LogP contribution in [-0.4, -0.2) is 60.3 Å². The molecule has 0 aromatic carbocycles. The molecule has 3 aromatic rings. The van der Waals surface area contributed by atoms with E-state index in [1.165, 1.54) is 21.5 Å². The number of carbonyl (C=O) groups excluding carboxylic acids is 1. The number of hydrogen-bond acceptors (Lipinski definition) is 8. The van der Waals surface area contributed by atoms with E-state index in [-0.39, 0.29) is 11.8 Å². The molecule has 1 fully saturated rings. The molecule has 1 aliphatic heterocycles. The Hall–Kier alpha value is -3.57. The zero-order valence-corrected chi connectivity index (χ0v) is 15.0. The van der Waals surface area contributed by atoms with Crippen molar-refractivity contribution in [2.45, 2.75) is 19.4 Å². The number of carbonyl (C=O) groups is 1. The Morgan fingerprint density at radius 2 is 2.04 bits per heavy atom. The van der Waals surface area contributed by atoms with Crippen molar-refractivity contribution in [1.82, 2.24) is 40.1 Å². The first-order valence-electron chi connectivity index (χ1n) is 8.98. The van der Waals surface area contributed by atoms with Crippen LogP contribution in [0.25, 0.3) is 5.65 Å². The van der Waals surface area contributed by atoms with Gasteiger partial charge in [0.15, 0.2) is 11.5 Å². The molecule has 0 bridgehead atoms. The van der Waals surface area contributed by atoms with Gasteiger partial charge in [0, 0.05) is 44.4 Å². The number of amides is 1. The van der Waals surface area contributed by atoms with Crippen LogP contribution in [0.4, 0.5) is 5.82 Å². The lowest BCUT2D eigenvalue weighted by Gasteiger charge is -2.31. The molecule has 4 rings (SSSR count). The van der Waals surface area contributed by atoms with Gasteiger partial charge in [-0.1, -0.05) is 0 Å². The minimum atomic E-state index is -0.484. The topological polar surface area (TPSA) is 143 Å². The normalized spacial score (nSPS) is 15.1. The Morgan fingerprint density at radius 1 is 1.21 bits per heavy atom. The molecule has 1 aliphatic rings. The van der Waals surface area contributed by atoms with Crippen LogP contribution in [0, 0.1) is 5.92 Å². The van der Waals surface area contributed by atoms with Gasteiger partial charge in [-0.3, -0.25) is 19.1 Å². The molecule has 1 saturated heterocycles. The number of anilines is 1. The van der Waals surface area contributed by atoms with E-state index >= 15 is 0 Å². The summed E-state index contributed by atoms with van der Waals surface area (Å²) in [6.45, 7) is 2.04. The summed E-state index contributed by atoms with van der Waals surface area (Å²) in [4.78, 5) is 39.3. The Labute approximate surface area is 158 Å². The van der Waals surface area contributed by atoms with Gasteiger partial charge in [-0.2, -0.15) is 0 Å². The van der Waals surface area contributed by atoms with E-state index in [4.69, 9.17) is 0 Å². The molecule has 0 aliphatic carbocycles. The summed E-state index contributed by atoms with van der Waals surface area (Å²) in [6, 6.07) is 4.95. The molecule has 0 radical (unpaired) electrons. The van der Waals surface area contributed by atoms with Crippen molar-refractivity contribution in [3.63, 3.8) is 0 Å². The van der Waals surface area contributed by atoms with E-state index < -0.39 is 11.2 Å². The Kier molecular flexibility index (Phi) is 4.83. The fraction of sp³-hybridized carbons (Fsp3) is 0.438. The number of piperidine rings is 1. The SMILES string of the molecule is O=C(NCCn1ccc(=O)[nH]c1=O)C1CCN(c2ccc3nnnn3n2)CC1. The summed E-state index contributed by atoms with van der Waals surface area (Å²) in [5.41, 5.74) is -0.340. The molecule has 0 saturated carbocycles. The number of fused-ring (bicyclic) bond motifs is 1. The molecule has 0 atom stereocenters. The van der Waals surface area contributed by atoms with Crippen molar-refractivity contribution in [3.8, 4) is 0 Å². The Balaban J connectivity index is 1.27. The predicted octanol–water partition coefficient (Wildman–Crippen LogP) is -1.60. The Morgan fingerprint density at radius 3 is 2.82 bits per heavy atom. The van der Waals surface area contributed by atoms with E-state index in [2.05, 4.69) is 35.8 Å². The van der Waals surface area contributed by atoms with Crippen molar-refractivity contribution < 1.29 is 4.79 Å². The third-order valence-electron chi connectivity index (χ3n) is 4.79. The minimum absolute atomic E-state index is 0.0268. The summed E-state index contributed by atoms with van der Waals surface area (Å²) in [6.07, 6.45) is 2.83. The van der Waals surface area contributed by atoms with Crippen molar-refractivity contribution in [1.29, 1.82) is 0 Å². The summed E-state index contributed by atoms with van der Waals surface area (Å²) in [5.74, 6) is 0.664. The minimum Gasteiger partial charge on any atom is -0.355 e. The molecule has 12 heteroatoms. The van der Waals surface area contributed by atoms with Gasteiger partial charge in [-0.15, -0.1) is 14.8 Å². The lowest BCUT2D eigenvalue weighted by Crippen LogP contribution is -2.42. The maximum Gasteiger partial charge on any atom is 0.328 e. The quantitative estimate of drug-likeness (QED) is 0.535. The fourth-order valence-electron chi connectivity index (χ4n) is 3.24. The average Bonchev–Trinajstić information content (AvgIpc) is 3.17. The highest BCUT2D eigenvalue weighted by molar-refractivity contribution is 5.78. The summed E-state index contributed by atoms with van der Waals surface area (Å²) < 4.78 is 2.73. The van der Waals surface area contributed by atoms with E-state index in [1.807, 2.05) is 6.07 Å². The number of rotatable bonds is 5. The number of aromatic amines is 1. The largest absolute Gasteiger partial charge is 0.355 e. The van der Waals surface area contributed by atoms with Gasteiger partial charge in [-0.25, -0.2) is 4.79 Å². The maximum atomic E-state index is 12.4. The molecule has 4 heterocycles. The first-order valence-corrected chi connectivity index (χ1v) is 8.98. The smallest absolute Gasteiger partial charge is 0.328 e. The van der Waals surface area contributed by atoms with E-state index in [9.17, 15) is 14.4 Å². The van der Waals surface area contributed by atoms with Crippen LogP contribution in [0.1, 0.15) is 12.8 Å². The number of nitrogens with zero attached hydrogens (tertiary/aromatic N) is 7. The van der Waals surface area contributed by atoms with Gasteiger partial charge in [-0.05, 0) is 35.4 Å². The second-order valence-corrected chi connectivity index (χ2v) is 6.57. The van der Waals surface area contributed by atoms with E-state index in [1.54, 1.807) is 6.07 Å². The van der Waals surface area contributed by atoms with Crippen LogP contribution in [0.15, 0.2) is 34.0 Å². The second-order valence-electron chi connectivity index (χ2n) is 6.57. The molecule has 0 unspecified atom stereocenters. The number of nitrogens with one attached hydrogen (secondary N) is 2. The van der Waals surface area contributed by atoms with Gasteiger partial charge in [0.05, 0.1) is 0 Å². The third-order valence-corrected chi connectivity index (χ3v) is 4.79. The van der Waals surface area contributed by atoms with Gasteiger partial charge < -0.3 is 10.2 Å². The van der Waals surface area contributed by atoms with Crippen molar-refractivity contribution in [2.24, 2.45) is 5.92 Å². The van der Waals surface area contributed by atoms with Crippen molar-refractivity contribution >= 4 is 17.4 Å². The van der Waals surface area contributed by atoms with Crippen LogP contribution in [0.3, 0.4) is 0 Å².